The minimum Gasteiger partial charge on any atom is -0.457 e. The van der Waals surface area contributed by atoms with E-state index in [1.165, 1.54) is 12.1 Å². The van der Waals surface area contributed by atoms with Crippen LogP contribution < -0.4 is 4.74 Å². The van der Waals surface area contributed by atoms with Crippen LogP contribution in [0.1, 0.15) is 5.56 Å². The van der Waals surface area contributed by atoms with Crippen LogP contribution in [-0.4, -0.2) is 29.5 Å². The second kappa shape index (κ2) is 6.83. The largest absolute Gasteiger partial charge is 0.457 e. The number of halogens is 1. The molecule has 1 unspecified atom stereocenters. The Balaban J connectivity index is 2.24. The molecule has 5 heteroatoms. The molecule has 2 aromatic carbocycles. The molecule has 0 N–H and O–H groups in total. The van der Waals surface area contributed by atoms with Crippen molar-refractivity contribution in [3.8, 4) is 11.5 Å². The molecule has 3 nitrogen and oxygen atoms in total. The summed E-state index contributed by atoms with van der Waals surface area (Å²) in [6.07, 6.45) is 1.63. The zero-order chi connectivity index (χ0) is 15.4. The molecule has 0 amide bonds. The molecule has 21 heavy (non-hydrogen) atoms. The molecule has 0 aromatic heterocycles. The molecular weight excluding hydrogens is 289 g/mol. The molecule has 112 valence electrons. The molecule has 0 aliphatic rings. The average Bonchev–Trinajstić information content (AvgIpc) is 2.42. The maximum atomic E-state index is 13.4. The number of rotatable bonds is 5. The first kappa shape index (κ1) is 15.7. The lowest BCUT2D eigenvalue weighted by atomic mass is 10.2. The Bertz CT molecular complexity index is 641. The van der Waals surface area contributed by atoms with Crippen molar-refractivity contribution in [3.05, 3.63) is 53.8 Å². The first-order valence-corrected chi connectivity index (χ1v) is 8.06. The zero-order valence-electron chi connectivity index (χ0n) is 12.3. The highest BCUT2D eigenvalue weighted by Crippen LogP contribution is 2.27. The summed E-state index contributed by atoms with van der Waals surface area (Å²) >= 11 is 0. The van der Waals surface area contributed by atoms with Crippen molar-refractivity contribution >= 4 is 10.8 Å². The van der Waals surface area contributed by atoms with Crippen LogP contribution in [0.25, 0.3) is 0 Å². The topological polar surface area (TPSA) is 29.5 Å². The highest BCUT2D eigenvalue weighted by Gasteiger charge is 2.08. The van der Waals surface area contributed by atoms with Crippen molar-refractivity contribution in [2.24, 2.45) is 0 Å². The van der Waals surface area contributed by atoms with E-state index in [2.05, 4.69) is 0 Å². The maximum Gasteiger partial charge on any atom is 0.132 e. The smallest absolute Gasteiger partial charge is 0.132 e. The van der Waals surface area contributed by atoms with E-state index in [-0.39, 0.29) is 5.82 Å². The molecule has 2 rings (SSSR count). The van der Waals surface area contributed by atoms with Gasteiger partial charge in [0, 0.05) is 34.1 Å². The van der Waals surface area contributed by atoms with Crippen LogP contribution in [0.15, 0.2) is 47.4 Å². The first-order chi connectivity index (χ1) is 9.95. The van der Waals surface area contributed by atoms with E-state index in [0.717, 1.165) is 10.5 Å². The summed E-state index contributed by atoms with van der Waals surface area (Å²) < 4.78 is 30.5. The minimum absolute atomic E-state index is 0.282. The molecule has 0 radical (unpaired) electrons. The van der Waals surface area contributed by atoms with Gasteiger partial charge in [0.25, 0.3) is 0 Å². The Morgan fingerprint density at radius 3 is 2.38 bits per heavy atom. The number of hydrogen-bond acceptors (Lipinski definition) is 3. The Hall–Kier alpha value is -1.72. The third-order valence-electron chi connectivity index (χ3n) is 2.89. The number of hydrogen-bond donors (Lipinski definition) is 0. The normalized spacial score (nSPS) is 12.4. The summed E-state index contributed by atoms with van der Waals surface area (Å²) in [7, 11) is 2.82. The van der Waals surface area contributed by atoms with E-state index in [4.69, 9.17) is 4.74 Å². The van der Waals surface area contributed by atoms with Crippen LogP contribution in [0.5, 0.6) is 11.5 Å². The fourth-order valence-electron chi connectivity index (χ4n) is 1.94. The predicted octanol–water partition coefficient (Wildman–Crippen LogP) is 3.42. The van der Waals surface area contributed by atoms with Crippen LogP contribution in [-0.2, 0) is 17.3 Å². The summed E-state index contributed by atoms with van der Waals surface area (Å²) in [4.78, 5) is 2.69. The summed E-state index contributed by atoms with van der Waals surface area (Å²) in [5, 5.41) is 0. The van der Waals surface area contributed by atoms with Crippen LogP contribution in [0, 0.1) is 5.82 Å². The number of nitrogens with zero attached hydrogens (tertiary/aromatic N) is 1. The Labute approximate surface area is 126 Å². The molecule has 0 saturated carbocycles. The fraction of sp³-hybridized carbons (Fsp3) is 0.250. The summed E-state index contributed by atoms with van der Waals surface area (Å²) in [6, 6.07) is 11.5. The van der Waals surface area contributed by atoms with Crippen molar-refractivity contribution in [1.29, 1.82) is 0 Å². The van der Waals surface area contributed by atoms with Gasteiger partial charge in [-0.2, -0.15) is 0 Å². The quantitative estimate of drug-likeness (QED) is 0.848. The molecule has 0 aliphatic heterocycles. The van der Waals surface area contributed by atoms with Gasteiger partial charge < -0.3 is 9.64 Å². The van der Waals surface area contributed by atoms with E-state index in [1.54, 1.807) is 36.6 Å². The molecule has 0 fully saturated rings. The van der Waals surface area contributed by atoms with Gasteiger partial charge in [-0.3, -0.25) is 4.21 Å². The van der Waals surface area contributed by atoms with Crippen molar-refractivity contribution in [1.82, 2.24) is 4.90 Å². The van der Waals surface area contributed by atoms with Crippen LogP contribution in [0.2, 0.25) is 0 Å². The second-order valence-electron chi connectivity index (χ2n) is 5.02. The van der Waals surface area contributed by atoms with Crippen molar-refractivity contribution < 1.29 is 13.3 Å². The van der Waals surface area contributed by atoms with Gasteiger partial charge in [-0.05, 0) is 56.6 Å². The molecular formula is C16H18FNO2S. The Kier molecular flexibility index (Phi) is 5.09. The third kappa shape index (κ3) is 4.37. The predicted molar refractivity (Wildman–Crippen MR) is 82.6 cm³/mol. The van der Waals surface area contributed by atoms with Gasteiger partial charge in [0.1, 0.15) is 17.3 Å². The number of benzene rings is 2. The third-order valence-corrected chi connectivity index (χ3v) is 3.83. The standard InChI is InChI=1S/C16H18FNO2S/c1-18(2)11-12-10-13(17)4-9-16(12)20-14-5-7-15(8-6-14)21(3)19/h4-10H,11H2,1-3H3. The van der Waals surface area contributed by atoms with E-state index in [1.807, 2.05) is 19.0 Å². The van der Waals surface area contributed by atoms with E-state index in [9.17, 15) is 8.60 Å². The van der Waals surface area contributed by atoms with Gasteiger partial charge in [-0.25, -0.2) is 4.39 Å². The van der Waals surface area contributed by atoms with Crippen molar-refractivity contribution in [2.45, 2.75) is 11.4 Å². The lowest BCUT2D eigenvalue weighted by Gasteiger charge is -2.15. The van der Waals surface area contributed by atoms with Crippen LogP contribution >= 0.6 is 0 Å². The van der Waals surface area contributed by atoms with Gasteiger partial charge in [0.2, 0.25) is 0 Å². The number of ether oxygens (including phenoxy) is 1. The van der Waals surface area contributed by atoms with Gasteiger partial charge in [0.05, 0.1) is 0 Å². The minimum atomic E-state index is -1.01. The molecule has 1 atom stereocenters. The van der Waals surface area contributed by atoms with Crippen LogP contribution in [0.4, 0.5) is 4.39 Å². The van der Waals surface area contributed by atoms with Crippen molar-refractivity contribution in [2.75, 3.05) is 20.4 Å². The molecule has 0 saturated heterocycles. The molecule has 2 aromatic rings. The summed E-state index contributed by atoms with van der Waals surface area (Å²) in [5.74, 6) is 0.974. The summed E-state index contributed by atoms with van der Waals surface area (Å²) in [5.41, 5.74) is 0.781. The van der Waals surface area contributed by atoms with Gasteiger partial charge >= 0.3 is 0 Å². The monoisotopic (exact) mass is 307 g/mol. The second-order valence-corrected chi connectivity index (χ2v) is 6.40. The molecule has 0 spiro atoms. The lowest BCUT2D eigenvalue weighted by molar-refractivity contribution is 0.387. The van der Waals surface area contributed by atoms with E-state index in [0.29, 0.717) is 18.0 Å². The van der Waals surface area contributed by atoms with Crippen LogP contribution in [0.3, 0.4) is 0 Å². The maximum absolute atomic E-state index is 13.4. The van der Waals surface area contributed by atoms with Gasteiger partial charge in [-0.1, -0.05) is 0 Å². The van der Waals surface area contributed by atoms with Gasteiger partial charge in [0.15, 0.2) is 0 Å². The van der Waals surface area contributed by atoms with Crippen molar-refractivity contribution in [3.63, 3.8) is 0 Å². The van der Waals surface area contributed by atoms with Gasteiger partial charge in [-0.15, -0.1) is 0 Å². The fourth-order valence-corrected chi connectivity index (χ4v) is 2.46. The summed E-state index contributed by atoms with van der Waals surface area (Å²) in [6.45, 7) is 0.587. The average molecular weight is 307 g/mol. The lowest BCUT2D eigenvalue weighted by Crippen LogP contribution is -2.11. The van der Waals surface area contributed by atoms with E-state index >= 15 is 0 Å². The highest BCUT2D eigenvalue weighted by molar-refractivity contribution is 7.84. The van der Waals surface area contributed by atoms with E-state index < -0.39 is 10.8 Å². The molecule has 0 heterocycles. The Morgan fingerprint density at radius 2 is 1.81 bits per heavy atom. The molecule has 0 bridgehead atoms. The highest BCUT2D eigenvalue weighted by atomic mass is 32.2. The zero-order valence-corrected chi connectivity index (χ0v) is 13.1. The molecule has 0 aliphatic carbocycles. The SMILES string of the molecule is CN(C)Cc1cc(F)ccc1Oc1ccc(S(C)=O)cc1. The Morgan fingerprint density at radius 1 is 1.14 bits per heavy atom. The first-order valence-electron chi connectivity index (χ1n) is 6.50.